The minimum absolute atomic E-state index is 0.189. The Kier molecular flexibility index (Phi) is 2.14. The maximum atomic E-state index is 5.59. The van der Waals surface area contributed by atoms with Crippen LogP contribution in [0.1, 0.15) is 20.8 Å². The zero-order valence-electron chi connectivity index (χ0n) is 8.95. The van der Waals surface area contributed by atoms with Crippen LogP contribution in [0.3, 0.4) is 0 Å². The van der Waals surface area contributed by atoms with Gasteiger partial charge in [-0.3, -0.25) is 0 Å². The third-order valence-electron chi connectivity index (χ3n) is 2.56. The Labute approximate surface area is 85.3 Å². The van der Waals surface area contributed by atoms with Gasteiger partial charge in [0, 0.05) is 5.88 Å². The SMILES string of the molecule is CC(C)(C)[C@@H]1COC(=C2C=CC=C2)[N-]1. The van der Waals surface area contributed by atoms with E-state index in [-0.39, 0.29) is 11.5 Å². The topological polar surface area (TPSA) is 23.3 Å². The highest BCUT2D eigenvalue weighted by Crippen LogP contribution is 2.36. The molecule has 14 heavy (non-hydrogen) atoms. The second kappa shape index (κ2) is 3.19. The van der Waals surface area contributed by atoms with Crippen LogP contribution in [0.4, 0.5) is 0 Å². The summed E-state index contributed by atoms with van der Waals surface area (Å²) in [5.74, 6) is 0.801. The molecule has 1 aliphatic carbocycles. The summed E-state index contributed by atoms with van der Waals surface area (Å²) in [4.78, 5) is 0. The molecule has 1 aliphatic heterocycles. The van der Waals surface area contributed by atoms with Gasteiger partial charge in [0.2, 0.25) is 0 Å². The van der Waals surface area contributed by atoms with Crippen molar-refractivity contribution >= 4 is 0 Å². The van der Waals surface area contributed by atoms with E-state index in [0.29, 0.717) is 6.61 Å². The Hall–Kier alpha value is -1.18. The maximum absolute atomic E-state index is 5.59. The van der Waals surface area contributed by atoms with Crippen LogP contribution < -0.4 is 0 Å². The largest absolute Gasteiger partial charge is 0.648 e. The minimum atomic E-state index is 0.189. The van der Waals surface area contributed by atoms with Crippen molar-refractivity contribution in [3.05, 3.63) is 41.1 Å². The van der Waals surface area contributed by atoms with E-state index in [1.165, 1.54) is 0 Å². The molecule has 0 N–H and O–H groups in total. The molecule has 0 aromatic rings. The van der Waals surface area contributed by atoms with E-state index in [9.17, 15) is 0 Å². The van der Waals surface area contributed by atoms with E-state index in [1.54, 1.807) is 0 Å². The molecule has 76 valence electrons. The maximum Gasteiger partial charge on any atom is 0.0729 e. The summed E-state index contributed by atoms with van der Waals surface area (Å²) in [5.41, 5.74) is 1.28. The van der Waals surface area contributed by atoms with Gasteiger partial charge in [-0.05, 0) is 11.0 Å². The molecule has 0 spiro atoms. The molecule has 0 saturated carbocycles. The van der Waals surface area contributed by atoms with Crippen molar-refractivity contribution < 1.29 is 4.74 Å². The lowest BCUT2D eigenvalue weighted by Gasteiger charge is -2.34. The lowest BCUT2D eigenvalue weighted by molar-refractivity contribution is 0.216. The minimum Gasteiger partial charge on any atom is -0.648 e. The van der Waals surface area contributed by atoms with Gasteiger partial charge in [-0.25, -0.2) is 0 Å². The van der Waals surface area contributed by atoms with Gasteiger partial charge >= 0.3 is 0 Å². The van der Waals surface area contributed by atoms with Gasteiger partial charge in [-0.2, -0.15) is 0 Å². The summed E-state index contributed by atoms with van der Waals surface area (Å²) in [6.07, 6.45) is 8.07. The fourth-order valence-electron chi connectivity index (χ4n) is 1.49. The average molecular weight is 190 g/mol. The first-order valence-electron chi connectivity index (χ1n) is 5.00. The molecule has 1 heterocycles. The smallest absolute Gasteiger partial charge is 0.0729 e. The molecule has 1 saturated heterocycles. The zero-order valence-corrected chi connectivity index (χ0v) is 8.95. The summed E-state index contributed by atoms with van der Waals surface area (Å²) in [7, 11) is 0. The number of ether oxygens (including phenoxy) is 1. The van der Waals surface area contributed by atoms with Crippen LogP contribution in [-0.4, -0.2) is 12.6 Å². The molecular weight excluding hydrogens is 174 g/mol. The van der Waals surface area contributed by atoms with Crippen molar-refractivity contribution in [2.75, 3.05) is 6.61 Å². The summed E-state index contributed by atoms with van der Waals surface area (Å²) in [6, 6.07) is 0.285. The number of hydrogen-bond donors (Lipinski definition) is 0. The zero-order chi connectivity index (χ0) is 10.2. The van der Waals surface area contributed by atoms with E-state index in [4.69, 9.17) is 4.74 Å². The molecule has 2 rings (SSSR count). The van der Waals surface area contributed by atoms with Gasteiger partial charge in [0.15, 0.2) is 0 Å². The normalized spacial score (nSPS) is 25.5. The van der Waals surface area contributed by atoms with Crippen molar-refractivity contribution in [3.8, 4) is 0 Å². The molecule has 2 nitrogen and oxygen atoms in total. The first-order valence-corrected chi connectivity index (χ1v) is 5.00. The second-order valence-corrected chi connectivity index (χ2v) is 4.80. The van der Waals surface area contributed by atoms with Crippen LogP contribution in [0.5, 0.6) is 0 Å². The van der Waals surface area contributed by atoms with Gasteiger partial charge in [-0.15, -0.1) is 0 Å². The Morgan fingerprint density at radius 2 is 1.93 bits per heavy atom. The van der Waals surface area contributed by atoms with Crippen molar-refractivity contribution in [3.63, 3.8) is 0 Å². The van der Waals surface area contributed by atoms with Crippen LogP contribution in [0.25, 0.3) is 5.32 Å². The Balaban J connectivity index is 2.12. The van der Waals surface area contributed by atoms with Gasteiger partial charge in [0.25, 0.3) is 0 Å². The highest BCUT2D eigenvalue weighted by Gasteiger charge is 2.22. The molecule has 2 heteroatoms. The summed E-state index contributed by atoms with van der Waals surface area (Å²) < 4.78 is 5.59. The number of hydrogen-bond acceptors (Lipinski definition) is 1. The standard InChI is InChI=1S/C12H16NO/c1-12(2,3)10-8-14-11(13-10)9-6-4-5-7-9/h4-7,10H,8H2,1-3H3/q-1/t10-/m0/s1. The molecule has 0 aromatic heterocycles. The summed E-state index contributed by atoms with van der Waals surface area (Å²) in [6.45, 7) is 7.29. The van der Waals surface area contributed by atoms with Crippen LogP contribution in [0.15, 0.2) is 35.8 Å². The quantitative estimate of drug-likeness (QED) is 0.575. The van der Waals surface area contributed by atoms with Crippen LogP contribution in [-0.2, 0) is 4.74 Å². The molecule has 0 bridgehead atoms. The Morgan fingerprint density at radius 1 is 1.29 bits per heavy atom. The van der Waals surface area contributed by atoms with Crippen LogP contribution in [0, 0.1) is 5.41 Å². The van der Waals surface area contributed by atoms with Gasteiger partial charge in [-0.1, -0.05) is 51.1 Å². The fourth-order valence-corrected chi connectivity index (χ4v) is 1.49. The Bertz CT molecular complexity index is 304. The second-order valence-electron chi connectivity index (χ2n) is 4.80. The molecule has 0 unspecified atom stereocenters. The molecule has 0 amide bonds. The summed E-state index contributed by atoms with van der Waals surface area (Å²) in [5, 5.41) is 4.60. The number of rotatable bonds is 0. The first-order chi connectivity index (χ1) is 6.57. The highest BCUT2D eigenvalue weighted by atomic mass is 16.5. The van der Waals surface area contributed by atoms with Crippen molar-refractivity contribution in [2.45, 2.75) is 26.8 Å². The number of nitrogens with zero attached hydrogens (tertiary/aromatic N) is 1. The molecule has 0 radical (unpaired) electrons. The fraction of sp³-hybridized carbons (Fsp3) is 0.500. The average Bonchev–Trinajstić information content (AvgIpc) is 2.73. The lowest BCUT2D eigenvalue weighted by Crippen LogP contribution is -2.25. The highest BCUT2D eigenvalue weighted by molar-refractivity contribution is 5.46. The van der Waals surface area contributed by atoms with E-state index < -0.39 is 0 Å². The van der Waals surface area contributed by atoms with Gasteiger partial charge in [0.1, 0.15) is 0 Å². The number of allylic oxidation sites excluding steroid dienone is 5. The van der Waals surface area contributed by atoms with Crippen LogP contribution in [0.2, 0.25) is 0 Å². The molecule has 1 atom stereocenters. The summed E-state index contributed by atoms with van der Waals surface area (Å²) >= 11 is 0. The van der Waals surface area contributed by atoms with E-state index in [0.717, 1.165) is 11.5 Å². The third-order valence-corrected chi connectivity index (χ3v) is 2.56. The molecule has 1 fully saturated rings. The predicted octanol–water partition coefficient (Wildman–Crippen LogP) is 3.14. The van der Waals surface area contributed by atoms with Crippen LogP contribution >= 0.6 is 0 Å². The molecule has 0 aromatic carbocycles. The van der Waals surface area contributed by atoms with Crippen molar-refractivity contribution in [1.82, 2.24) is 0 Å². The van der Waals surface area contributed by atoms with E-state index in [1.807, 2.05) is 24.3 Å². The first kappa shape index (κ1) is 9.38. The monoisotopic (exact) mass is 190 g/mol. The van der Waals surface area contributed by atoms with Gasteiger partial charge in [0.05, 0.1) is 6.61 Å². The third kappa shape index (κ3) is 1.69. The molecule has 2 aliphatic rings. The van der Waals surface area contributed by atoms with Crippen molar-refractivity contribution in [1.29, 1.82) is 0 Å². The van der Waals surface area contributed by atoms with E-state index in [2.05, 4.69) is 26.1 Å². The van der Waals surface area contributed by atoms with Gasteiger partial charge < -0.3 is 10.1 Å². The van der Waals surface area contributed by atoms with E-state index >= 15 is 0 Å². The van der Waals surface area contributed by atoms with Crippen molar-refractivity contribution in [2.24, 2.45) is 5.41 Å². The predicted molar refractivity (Wildman–Crippen MR) is 57.9 cm³/mol. The molecular formula is C12H16NO-. The lowest BCUT2D eigenvalue weighted by atomic mass is 9.88. The Morgan fingerprint density at radius 3 is 2.43 bits per heavy atom.